The molecule has 0 spiro atoms. The molecule has 1 aromatic carbocycles. The van der Waals surface area contributed by atoms with Gasteiger partial charge in [-0.25, -0.2) is 0 Å². The highest BCUT2D eigenvalue weighted by Gasteiger charge is 2.28. The SMILES string of the molecule is CC[C@@H](NC(=O)c1cn[nH]c1)[C@@H]1CN(Cc2ccccc2)CCO1. The Kier molecular flexibility index (Phi) is 5.61. The maximum absolute atomic E-state index is 12.3. The predicted molar refractivity (Wildman–Crippen MR) is 91.6 cm³/mol. The van der Waals surface area contributed by atoms with Gasteiger partial charge in [0.05, 0.1) is 30.5 Å². The molecule has 1 aliphatic rings. The van der Waals surface area contributed by atoms with Gasteiger partial charge >= 0.3 is 0 Å². The van der Waals surface area contributed by atoms with Crippen LogP contribution in [0.1, 0.15) is 29.3 Å². The number of hydrogen-bond acceptors (Lipinski definition) is 4. The average Bonchev–Trinajstić information content (AvgIpc) is 3.15. The van der Waals surface area contributed by atoms with Crippen molar-refractivity contribution in [2.24, 2.45) is 0 Å². The maximum Gasteiger partial charge on any atom is 0.254 e. The molecule has 3 rings (SSSR count). The first-order valence-corrected chi connectivity index (χ1v) is 8.43. The van der Waals surface area contributed by atoms with E-state index in [2.05, 4.69) is 51.6 Å². The van der Waals surface area contributed by atoms with Crippen LogP contribution in [0.4, 0.5) is 0 Å². The number of hydrogen-bond donors (Lipinski definition) is 2. The highest BCUT2D eigenvalue weighted by Crippen LogP contribution is 2.15. The number of ether oxygens (including phenoxy) is 1. The molecule has 2 aromatic rings. The van der Waals surface area contributed by atoms with Crippen molar-refractivity contribution in [3.05, 3.63) is 53.9 Å². The lowest BCUT2D eigenvalue weighted by atomic mass is 10.1. The fraction of sp³-hybridized carbons (Fsp3) is 0.444. The number of carbonyl (C=O) groups excluding carboxylic acids is 1. The van der Waals surface area contributed by atoms with Crippen LogP contribution >= 0.6 is 0 Å². The van der Waals surface area contributed by atoms with E-state index < -0.39 is 0 Å². The fourth-order valence-corrected chi connectivity index (χ4v) is 3.04. The van der Waals surface area contributed by atoms with Crippen molar-refractivity contribution in [3.8, 4) is 0 Å². The van der Waals surface area contributed by atoms with Gasteiger partial charge in [0.1, 0.15) is 0 Å². The monoisotopic (exact) mass is 328 g/mol. The van der Waals surface area contributed by atoms with Gasteiger partial charge in [-0.2, -0.15) is 5.10 Å². The molecule has 2 heterocycles. The molecule has 1 aromatic heterocycles. The second-order valence-corrected chi connectivity index (χ2v) is 6.11. The molecule has 24 heavy (non-hydrogen) atoms. The molecule has 2 N–H and O–H groups in total. The highest BCUT2D eigenvalue weighted by atomic mass is 16.5. The lowest BCUT2D eigenvalue weighted by molar-refractivity contribution is -0.0483. The summed E-state index contributed by atoms with van der Waals surface area (Å²) in [6, 6.07) is 10.4. The number of morpholine rings is 1. The van der Waals surface area contributed by atoms with Crippen molar-refractivity contribution in [2.75, 3.05) is 19.7 Å². The average molecular weight is 328 g/mol. The molecule has 2 atom stereocenters. The third-order valence-corrected chi connectivity index (χ3v) is 4.39. The number of carbonyl (C=O) groups is 1. The van der Waals surface area contributed by atoms with Crippen LogP contribution in [-0.2, 0) is 11.3 Å². The Hall–Kier alpha value is -2.18. The molecule has 6 nitrogen and oxygen atoms in total. The molecule has 0 aliphatic carbocycles. The van der Waals surface area contributed by atoms with Crippen LogP contribution < -0.4 is 5.32 Å². The maximum atomic E-state index is 12.3. The first kappa shape index (κ1) is 16.7. The number of aromatic nitrogens is 2. The standard InChI is InChI=1S/C18H24N4O2/c1-2-16(21-18(23)15-10-19-20-11-15)17-13-22(8-9-24-17)12-14-6-4-3-5-7-14/h3-7,10-11,16-17H,2,8-9,12-13H2,1H3,(H,19,20)(H,21,23)/t16-,17+/m1/s1. The number of amides is 1. The van der Waals surface area contributed by atoms with E-state index in [-0.39, 0.29) is 18.1 Å². The van der Waals surface area contributed by atoms with Gasteiger partial charge in [-0.05, 0) is 12.0 Å². The fourth-order valence-electron chi connectivity index (χ4n) is 3.04. The summed E-state index contributed by atoms with van der Waals surface area (Å²) in [6.45, 7) is 5.40. The highest BCUT2D eigenvalue weighted by molar-refractivity contribution is 5.93. The van der Waals surface area contributed by atoms with E-state index in [1.54, 1.807) is 6.20 Å². The summed E-state index contributed by atoms with van der Waals surface area (Å²) in [5.41, 5.74) is 1.85. The zero-order chi connectivity index (χ0) is 16.8. The topological polar surface area (TPSA) is 70.2 Å². The molecule has 128 valence electrons. The van der Waals surface area contributed by atoms with Crippen molar-refractivity contribution in [3.63, 3.8) is 0 Å². The molecule has 0 unspecified atom stereocenters. The zero-order valence-corrected chi connectivity index (χ0v) is 13.9. The lowest BCUT2D eigenvalue weighted by Crippen LogP contribution is -2.53. The van der Waals surface area contributed by atoms with Crippen LogP contribution in [0.5, 0.6) is 0 Å². The molecule has 6 heteroatoms. The molecule has 1 aliphatic heterocycles. The van der Waals surface area contributed by atoms with Crippen LogP contribution in [0, 0.1) is 0 Å². The minimum atomic E-state index is -0.112. The largest absolute Gasteiger partial charge is 0.373 e. The molecule has 1 amide bonds. The van der Waals surface area contributed by atoms with Gasteiger partial charge in [0, 0.05) is 25.8 Å². The second kappa shape index (κ2) is 8.08. The third kappa shape index (κ3) is 4.21. The van der Waals surface area contributed by atoms with Gasteiger partial charge in [-0.1, -0.05) is 37.3 Å². The lowest BCUT2D eigenvalue weighted by Gasteiger charge is -2.37. The van der Waals surface area contributed by atoms with Crippen LogP contribution in [0.15, 0.2) is 42.7 Å². The number of rotatable bonds is 6. The zero-order valence-electron chi connectivity index (χ0n) is 13.9. The second-order valence-electron chi connectivity index (χ2n) is 6.11. The number of nitrogens with one attached hydrogen (secondary N) is 2. The van der Waals surface area contributed by atoms with Crippen molar-refractivity contribution in [1.82, 2.24) is 20.4 Å². The van der Waals surface area contributed by atoms with Crippen LogP contribution in [0.3, 0.4) is 0 Å². The summed E-state index contributed by atoms with van der Waals surface area (Å²) in [7, 11) is 0. The molecule has 0 saturated carbocycles. The van der Waals surface area contributed by atoms with Crippen LogP contribution in [-0.4, -0.2) is 52.8 Å². The van der Waals surface area contributed by atoms with Crippen molar-refractivity contribution in [2.45, 2.75) is 32.0 Å². The normalized spacial score (nSPS) is 19.8. The first-order chi connectivity index (χ1) is 11.8. The molecule has 1 saturated heterocycles. The van der Waals surface area contributed by atoms with Gasteiger partial charge in [0.25, 0.3) is 5.91 Å². The number of benzene rings is 1. The number of aromatic amines is 1. The Morgan fingerprint density at radius 3 is 3.00 bits per heavy atom. The van der Waals surface area contributed by atoms with Gasteiger partial charge in [-0.15, -0.1) is 0 Å². The predicted octanol–water partition coefficient (Wildman–Crippen LogP) is 1.82. The molecule has 1 fully saturated rings. The van der Waals surface area contributed by atoms with E-state index in [0.717, 1.165) is 26.1 Å². The Balaban J connectivity index is 1.58. The van der Waals surface area contributed by atoms with Crippen molar-refractivity contribution in [1.29, 1.82) is 0 Å². The van der Waals surface area contributed by atoms with Crippen LogP contribution in [0.2, 0.25) is 0 Å². The summed E-state index contributed by atoms with van der Waals surface area (Å²) >= 11 is 0. The molecular weight excluding hydrogens is 304 g/mol. The minimum absolute atomic E-state index is 0.00307. The van der Waals surface area contributed by atoms with Crippen LogP contribution in [0.25, 0.3) is 0 Å². The smallest absolute Gasteiger partial charge is 0.254 e. The quantitative estimate of drug-likeness (QED) is 0.848. The summed E-state index contributed by atoms with van der Waals surface area (Å²) in [4.78, 5) is 14.6. The van der Waals surface area contributed by atoms with Gasteiger partial charge < -0.3 is 10.1 Å². The minimum Gasteiger partial charge on any atom is -0.373 e. The molecular formula is C18H24N4O2. The van der Waals surface area contributed by atoms with Crippen molar-refractivity contribution >= 4 is 5.91 Å². The van der Waals surface area contributed by atoms with E-state index in [4.69, 9.17) is 4.74 Å². The number of nitrogens with zero attached hydrogens (tertiary/aromatic N) is 2. The van der Waals surface area contributed by atoms with Gasteiger partial charge in [0.15, 0.2) is 0 Å². The first-order valence-electron chi connectivity index (χ1n) is 8.43. The summed E-state index contributed by atoms with van der Waals surface area (Å²) in [5.74, 6) is -0.112. The summed E-state index contributed by atoms with van der Waals surface area (Å²) in [5, 5.41) is 9.56. The Morgan fingerprint density at radius 2 is 2.29 bits per heavy atom. The van der Waals surface area contributed by atoms with E-state index in [0.29, 0.717) is 12.2 Å². The van der Waals surface area contributed by atoms with E-state index in [9.17, 15) is 4.79 Å². The summed E-state index contributed by atoms with van der Waals surface area (Å²) in [6.07, 6.45) is 3.97. The van der Waals surface area contributed by atoms with E-state index >= 15 is 0 Å². The van der Waals surface area contributed by atoms with Crippen molar-refractivity contribution < 1.29 is 9.53 Å². The van der Waals surface area contributed by atoms with Gasteiger partial charge in [-0.3, -0.25) is 14.8 Å². The van der Waals surface area contributed by atoms with E-state index in [1.165, 1.54) is 11.8 Å². The Labute approximate surface area is 142 Å². The molecule has 0 radical (unpaired) electrons. The Morgan fingerprint density at radius 1 is 1.46 bits per heavy atom. The third-order valence-electron chi connectivity index (χ3n) is 4.39. The number of H-pyrrole nitrogens is 1. The van der Waals surface area contributed by atoms with E-state index in [1.807, 2.05) is 6.07 Å². The summed E-state index contributed by atoms with van der Waals surface area (Å²) < 4.78 is 5.94. The Bertz CT molecular complexity index is 630. The molecule has 0 bridgehead atoms. The van der Waals surface area contributed by atoms with Gasteiger partial charge in [0.2, 0.25) is 0 Å².